The van der Waals surface area contributed by atoms with Gasteiger partial charge in [-0.2, -0.15) is 0 Å². The van der Waals surface area contributed by atoms with Gasteiger partial charge in [0.25, 0.3) is 0 Å². The van der Waals surface area contributed by atoms with Crippen LogP contribution in [0.4, 0.5) is 4.79 Å². The third-order valence-electron chi connectivity index (χ3n) is 5.67. The molecule has 0 aliphatic heterocycles. The summed E-state index contributed by atoms with van der Waals surface area (Å²) in [5, 5.41) is 3.35. The van der Waals surface area contributed by atoms with Crippen molar-refractivity contribution in [2.45, 2.75) is 63.5 Å². The number of hydrogen-bond donors (Lipinski definition) is 1. The Labute approximate surface area is 158 Å². The van der Waals surface area contributed by atoms with Crippen LogP contribution >= 0.6 is 0 Å². The molecule has 2 amide bonds. The quantitative estimate of drug-likeness (QED) is 0.765. The molecule has 0 bridgehead atoms. The van der Waals surface area contributed by atoms with E-state index in [4.69, 9.17) is 0 Å². The van der Waals surface area contributed by atoms with E-state index in [1.807, 2.05) is 6.07 Å². The predicted molar refractivity (Wildman–Crippen MR) is 107 cm³/mol. The van der Waals surface area contributed by atoms with Crippen LogP contribution in [0.15, 0.2) is 30.3 Å². The summed E-state index contributed by atoms with van der Waals surface area (Å²) < 4.78 is 0. The van der Waals surface area contributed by atoms with Crippen LogP contribution in [0.5, 0.6) is 0 Å². The molecule has 2 saturated carbocycles. The molecule has 1 N–H and O–H groups in total. The van der Waals surface area contributed by atoms with Crippen LogP contribution in [-0.2, 0) is 6.42 Å². The van der Waals surface area contributed by atoms with Gasteiger partial charge in [-0.15, -0.1) is 0 Å². The van der Waals surface area contributed by atoms with Crippen molar-refractivity contribution in [3.05, 3.63) is 35.9 Å². The molecule has 1 atom stereocenters. The molecular weight excluding hydrogens is 322 g/mol. The maximum absolute atomic E-state index is 13.1. The Kier molecular flexibility index (Phi) is 6.95. The lowest BCUT2D eigenvalue weighted by Gasteiger charge is -2.32. The molecule has 0 heterocycles. The second-order valence-corrected chi connectivity index (χ2v) is 8.49. The van der Waals surface area contributed by atoms with Gasteiger partial charge in [0.15, 0.2) is 0 Å². The Balaban J connectivity index is 1.60. The monoisotopic (exact) mass is 357 g/mol. The molecule has 26 heavy (non-hydrogen) atoms. The topological polar surface area (TPSA) is 35.6 Å². The zero-order chi connectivity index (χ0) is 18.4. The minimum absolute atomic E-state index is 0.146. The van der Waals surface area contributed by atoms with Gasteiger partial charge in [0.1, 0.15) is 0 Å². The Bertz CT molecular complexity index is 550. The summed E-state index contributed by atoms with van der Waals surface area (Å²) in [6.45, 7) is 1.82. The Morgan fingerprint density at radius 2 is 1.77 bits per heavy atom. The van der Waals surface area contributed by atoms with E-state index in [2.05, 4.69) is 53.5 Å². The lowest BCUT2D eigenvalue weighted by Crippen LogP contribution is -2.51. The molecule has 1 unspecified atom stereocenters. The first-order valence-electron chi connectivity index (χ1n) is 10.4. The number of rotatable bonds is 8. The van der Waals surface area contributed by atoms with Crippen LogP contribution < -0.4 is 5.32 Å². The summed E-state index contributed by atoms with van der Waals surface area (Å²) in [6, 6.07) is 11.3. The van der Waals surface area contributed by atoms with Crippen molar-refractivity contribution < 1.29 is 4.79 Å². The highest BCUT2D eigenvalue weighted by atomic mass is 16.2. The minimum Gasteiger partial charge on any atom is -0.334 e. The van der Waals surface area contributed by atoms with E-state index >= 15 is 0 Å². The SMILES string of the molecule is CN(C)CC(Cc1ccccc1)NC(=O)N(CC1CCCCC1)C1CC1. The van der Waals surface area contributed by atoms with Gasteiger partial charge in [-0.3, -0.25) is 0 Å². The minimum atomic E-state index is 0.146. The molecule has 2 aliphatic carbocycles. The summed E-state index contributed by atoms with van der Waals surface area (Å²) in [5.74, 6) is 0.705. The summed E-state index contributed by atoms with van der Waals surface area (Å²) in [7, 11) is 4.15. The predicted octanol–water partition coefficient (Wildman–Crippen LogP) is 3.91. The number of carbonyl (C=O) groups is 1. The van der Waals surface area contributed by atoms with Crippen LogP contribution in [-0.4, -0.2) is 55.1 Å². The molecule has 2 fully saturated rings. The maximum atomic E-state index is 13.1. The molecular formula is C22H35N3O. The van der Waals surface area contributed by atoms with Gasteiger partial charge in [0.05, 0.1) is 0 Å². The van der Waals surface area contributed by atoms with E-state index in [0.717, 1.165) is 19.5 Å². The zero-order valence-electron chi connectivity index (χ0n) is 16.5. The number of urea groups is 1. The van der Waals surface area contributed by atoms with Gasteiger partial charge < -0.3 is 15.1 Å². The molecule has 0 spiro atoms. The molecule has 144 valence electrons. The number of hydrogen-bond acceptors (Lipinski definition) is 2. The lowest BCUT2D eigenvalue weighted by atomic mass is 9.89. The number of nitrogens with one attached hydrogen (secondary N) is 1. The fourth-order valence-electron chi connectivity index (χ4n) is 4.19. The van der Waals surface area contributed by atoms with Crippen molar-refractivity contribution in [3.63, 3.8) is 0 Å². The lowest BCUT2D eigenvalue weighted by molar-refractivity contribution is 0.168. The van der Waals surface area contributed by atoms with Crippen LogP contribution in [0.1, 0.15) is 50.5 Å². The number of carbonyl (C=O) groups excluding carboxylic acids is 1. The van der Waals surface area contributed by atoms with Crippen molar-refractivity contribution in [2.24, 2.45) is 5.92 Å². The molecule has 0 aromatic heterocycles. The molecule has 0 saturated heterocycles. The zero-order valence-corrected chi connectivity index (χ0v) is 16.5. The van der Waals surface area contributed by atoms with Gasteiger partial charge in [0, 0.05) is 25.2 Å². The van der Waals surface area contributed by atoms with Crippen LogP contribution in [0.3, 0.4) is 0 Å². The normalized spacial score (nSPS) is 19.3. The second-order valence-electron chi connectivity index (χ2n) is 8.49. The average Bonchev–Trinajstić information content (AvgIpc) is 3.45. The molecule has 1 aromatic carbocycles. The summed E-state index contributed by atoms with van der Waals surface area (Å²) in [6.07, 6.45) is 9.86. The summed E-state index contributed by atoms with van der Waals surface area (Å²) >= 11 is 0. The smallest absolute Gasteiger partial charge is 0.317 e. The van der Waals surface area contributed by atoms with Gasteiger partial charge in [-0.1, -0.05) is 49.6 Å². The summed E-state index contributed by atoms with van der Waals surface area (Å²) in [4.78, 5) is 17.4. The molecule has 4 heteroatoms. The third kappa shape index (κ3) is 6.01. The Morgan fingerprint density at radius 3 is 2.38 bits per heavy atom. The third-order valence-corrected chi connectivity index (χ3v) is 5.67. The highest BCUT2D eigenvalue weighted by Crippen LogP contribution is 2.31. The van der Waals surface area contributed by atoms with Crippen molar-refractivity contribution in [2.75, 3.05) is 27.2 Å². The number of benzene rings is 1. The van der Waals surface area contributed by atoms with E-state index in [0.29, 0.717) is 12.0 Å². The fourth-order valence-corrected chi connectivity index (χ4v) is 4.19. The van der Waals surface area contributed by atoms with Gasteiger partial charge in [0.2, 0.25) is 0 Å². The molecule has 2 aliphatic rings. The van der Waals surface area contributed by atoms with E-state index in [-0.39, 0.29) is 12.1 Å². The van der Waals surface area contributed by atoms with Crippen molar-refractivity contribution in [1.29, 1.82) is 0 Å². The first-order valence-corrected chi connectivity index (χ1v) is 10.4. The van der Waals surface area contributed by atoms with E-state index < -0.39 is 0 Å². The van der Waals surface area contributed by atoms with E-state index in [1.54, 1.807) is 0 Å². The highest BCUT2D eigenvalue weighted by molar-refractivity contribution is 5.75. The number of nitrogens with zero attached hydrogens (tertiary/aromatic N) is 2. The summed E-state index contributed by atoms with van der Waals surface area (Å²) in [5.41, 5.74) is 1.28. The maximum Gasteiger partial charge on any atom is 0.317 e. The van der Waals surface area contributed by atoms with Crippen LogP contribution in [0, 0.1) is 5.92 Å². The van der Waals surface area contributed by atoms with Crippen LogP contribution in [0.2, 0.25) is 0 Å². The molecule has 1 aromatic rings. The molecule has 0 radical (unpaired) electrons. The highest BCUT2D eigenvalue weighted by Gasteiger charge is 2.35. The standard InChI is InChI=1S/C22H35N3O/c1-24(2)17-20(15-18-9-5-3-6-10-18)23-22(26)25(21-13-14-21)16-19-11-7-4-8-12-19/h3,5-6,9-10,19-21H,4,7-8,11-17H2,1-2H3,(H,23,26). The largest absolute Gasteiger partial charge is 0.334 e. The van der Waals surface area contributed by atoms with E-state index in [1.165, 1.54) is 50.5 Å². The average molecular weight is 358 g/mol. The van der Waals surface area contributed by atoms with Gasteiger partial charge >= 0.3 is 6.03 Å². The molecule has 3 rings (SSSR count). The number of amides is 2. The Morgan fingerprint density at radius 1 is 1.08 bits per heavy atom. The first kappa shape index (κ1) is 19.2. The fraction of sp³-hybridized carbons (Fsp3) is 0.682. The first-order chi connectivity index (χ1) is 12.6. The van der Waals surface area contributed by atoms with Gasteiger partial charge in [-0.25, -0.2) is 4.79 Å². The van der Waals surface area contributed by atoms with Crippen molar-refractivity contribution in [1.82, 2.24) is 15.1 Å². The van der Waals surface area contributed by atoms with E-state index in [9.17, 15) is 4.79 Å². The van der Waals surface area contributed by atoms with Crippen molar-refractivity contribution in [3.8, 4) is 0 Å². The number of likely N-dealkylation sites (N-methyl/N-ethyl adjacent to an activating group) is 1. The van der Waals surface area contributed by atoms with Crippen LogP contribution in [0.25, 0.3) is 0 Å². The van der Waals surface area contributed by atoms with Crippen molar-refractivity contribution >= 4 is 6.03 Å². The van der Waals surface area contributed by atoms with Gasteiger partial charge in [-0.05, 0) is 57.7 Å². The molecule has 4 nitrogen and oxygen atoms in total. The second kappa shape index (κ2) is 9.40. The Hall–Kier alpha value is -1.55.